The topological polar surface area (TPSA) is 57.6 Å². The molecule has 2 atom stereocenters. The number of halogens is 3. The maximum atomic E-state index is 13.4. The van der Waals surface area contributed by atoms with Crippen molar-refractivity contribution in [2.45, 2.75) is 44.7 Å². The van der Waals surface area contributed by atoms with Gasteiger partial charge in [0.05, 0.1) is 12.6 Å². The fourth-order valence-electron chi connectivity index (χ4n) is 4.12. The number of hydrogen-bond donors (Lipinski definition) is 1. The monoisotopic (exact) mass is 434 g/mol. The third-order valence-electron chi connectivity index (χ3n) is 5.51. The molecule has 29 heavy (non-hydrogen) atoms. The van der Waals surface area contributed by atoms with Crippen molar-refractivity contribution in [2.24, 2.45) is 11.0 Å². The molecular weight excluding hydrogens is 414 g/mol. The molecule has 2 unspecified atom stereocenters. The summed E-state index contributed by atoms with van der Waals surface area (Å²) in [5, 5.41) is 10.6. The van der Waals surface area contributed by atoms with E-state index in [4.69, 9.17) is 23.2 Å². The first-order valence-corrected chi connectivity index (χ1v) is 10.5. The standard InChI is InChI=1S/C21H21Cl2FN4O/c22-14-7-6-13(17(23)10-14)12-28-18-5-3-1-2-4-16(18)20(27-28)21(29)26-15-8-9-25-19(24)11-15/h6-11,16,18H,1-5,12H2,(H,25,26,29). The van der Waals surface area contributed by atoms with E-state index < -0.39 is 5.95 Å². The van der Waals surface area contributed by atoms with Crippen LogP contribution in [0.4, 0.5) is 10.1 Å². The van der Waals surface area contributed by atoms with Gasteiger partial charge in [0.15, 0.2) is 0 Å². The van der Waals surface area contributed by atoms with Gasteiger partial charge in [-0.3, -0.25) is 9.80 Å². The number of carbonyl (C=O) groups is 1. The molecule has 1 aliphatic heterocycles. The number of hydrogen-bond acceptors (Lipinski definition) is 4. The average molecular weight is 435 g/mol. The van der Waals surface area contributed by atoms with Crippen LogP contribution in [0.15, 0.2) is 41.6 Å². The summed E-state index contributed by atoms with van der Waals surface area (Å²) in [4.78, 5) is 16.5. The van der Waals surface area contributed by atoms with Gasteiger partial charge in [0.25, 0.3) is 5.91 Å². The molecule has 2 aliphatic rings. The van der Waals surface area contributed by atoms with Crippen LogP contribution in [0.5, 0.6) is 0 Å². The lowest BCUT2D eigenvalue weighted by Crippen LogP contribution is -2.35. The van der Waals surface area contributed by atoms with Gasteiger partial charge in [0.2, 0.25) is 5.95 Å². The number of hydrazone groups is 1. The molecule has 152 valence electrons. The van der Waals surface area contributed by atoms with Crippen LogP contribution in [0.25, 0.3) is 0 Å². The number of nitrogens with zero attached hydrogens (tertiary/aromatic N) is 3. The number of amides is 1. The van der Waals surface area contributed by atoms with Gasteiger partial charge < -0.3 is 5.32 Å². The van der Waals surface area contributed by atoms with E-state index in [1.54, 1.807) is 18.2 Å². The zero-order valence-electron chi connectivity index (χ0n) is 15.7. The summed E-state index contributed by atoms with van der Waals surface area (Å²) in [6.45, 7) is 0.512. The molecule has 0 saturated heterocycles. The quantitative estimate of drug-likeness (QED) is 0.665. The normalized spacial score (nSPS) is 21.3. The van der Waals surface area contributed by atoms with Crippen LogP contribution in [0.3, 0.4) is 0 Å². The van der Waals surface area contributed by atoms with E-state index in [0.717, 1.165) is 37.7 Å². The predicted molar refractivity (Wildman–Crippen MR) is 113 cm³/mol. The van der Waals surface area contributed by atoms with Crippen molar-refractivity contribution < 1.29 is 9.18 Å². The Morgan fingerprint density at radius 2 is 2.00 bits per heavy atom. The van der Waals surface area contributed by atoms with Gasteiger partial charge in [0.1, 0.15) is 5.71 Å². The van der Waals surface area contributed by atoms with E-state index in [1.165, 1.54) is 12.3 Å². The SMILES string of the molecule is O=C(Nc1ccnc(F)c1)C1=NN(Cc2ccc(Cl)cc2Cl)C2CCCCCC12. The second-order valence-corrected chi connectivity index (χ2v) is 8.30. The smallest absolute Gasteiger partial charge is 0.272 e. The Balaban J connectivity index is 1.59. The minimum absolute atomic E-state index is 0.0512. The first-order chi connectivity index (χ1) is 14.0. The van der Waals surface area contributed by atoms with Crippen LogP contribution in [-0.4, -0.2) is 27.7 Å². The van der Waals surface area contributed by atoms with Crippen molar-refractivity contribution in [3.8, 4) is 0 Å². The van der Waals surface area contributed by atoms with E-state index in [9.17, 15) is 9.18 Å². The first-order valence-electron chi connectivity index (χ1n) is 9.73. The average Bonchev–Trinajstić information content (AvgIpc) is 2.85. The molecule has 8 heteroatoms. The van der Waals surface area contributed by atoms with E-state index >= 15 is 0 Å². The summed E-state index contributed by atoms with van der Waals surface area (Å²) >= 11 is 12.4. The molecule has 1 aromatic heterocycles. The minimum atomic E-state index is -0.637. The molecule has 1 saturated carbocycles. The lowest BCUT2D eigenvalue weighted by Gasteiger charge is -2.27. The second-order valence-electron chi connectivity index (χ2n) is 7.45. The second kappa shape index (κ2) is 8.67. The summed E-state index contributed by atoms with van der Waals surface area (Å²) in [5.41, 5.74) is 1.79. The number of nitrogens with one attached hydrogen (secondary N) is 1. The van der Waals surface area contributed by atoms with Gasteiger partial charge in [-0.15, -0.1) is 0 Å². The molecule has 2 aromatic rings. The van der Waals surface area contributed by atoms with E-state index in [0.29, 0.717) is 28.0 Å². The predicted octanol–water partition coefficient (Wildman–Crippen LogP) is 5.29. The largest absolute Gasteiger partial charge is 0.321 e. The number of rotatable bonds is 4. The van der Waals surface area contributed by atoms with Crippen LogP contribution < -0.4 is 5.32 Å². The highest BCUT2D eigenvalue weighted by molar-refractivity contribution is 6.44. The molecular formula is C21H21Cl2FN4O. The number of benzene rings is 1. The molecule has 0 radical (unpaired) electrons. The third kappa shape index (κ3) is 4.54. The van der Waals surface area contributed by atoms with Crippen LogP contribution in [-0.2, 0) is 11.3 Å². The van der Waals surface area contributed by atoms with Gasteiger partial charge in [-0.2, -0.15) is 9.49 Å². The Hall–Kier alpha value is -2.18. The summed E-state index contributed by atoms with van der Waals surface area (Å²) in [6, 6.07) is 8.33. The number of pyridine rings is 1. The van der Waals surface area contributed by atoms with Crippen molar-refractivity contribution in [1.82, 2.24) is 9.99 Å². The van der Waals surface area contributed by atoms with E-state index in [1.807, 2.05) is 11.1 Å². The zero-order valence-corrected chi connectivity index (χ0v) is 17.3. The van der Waals surface area contributed by atoms with Crippen LogP contribution >= 0.6 is 23.2 Å². The van der Waals surface area contributed by atoms with Gasteiger partial charge in [-0.1, -0.05) is 48.5 Å². The van der Waals surface area contributed by atoms with Gasteiger partial charge in [-0.05, 0) is 36.6 Å². The molecule has 4 rings (SSSR count). The number of fused-ring (bicyclic) bond motifs is 1. The highest BCUT2D eigenvalue weighted by Crippen LogP contribution is 2.36. The number of anilines is 1. The molecule has 1 aliphatic carbocycles. The summed E-state index contributed by atoms with van der Waals surface area (Å²) in [5.74, 6) is -0.880. The minimum Gasteiger partial charge on any atom is -0.321 e. The molecule has 2 heterocycles. The number of aromatic nitrogens is 1. The maximum absolute atomic E-state index is 13.4. The van der Waals surface area contributed by atoms with Crippen molar-refractivity contribution in [3.63, 3.8) is 0 Å². The van der Waals surface area contributed by atoms with Gasteiger partial charge >= 0.3 is 0 Å². The Bertz CT molecular complexity index is 952. The fourth-order valence-corrected chi connectivity index (χ4v) is 4.58. The van der Waals surface area contributed by atoms with Crippen molar-refractivity contribution in [3.05, 3.63) is 58.1 Å². The summed E-state index contributed by atoms with van der Waals surface area (Å²) < 4.78 is 13.4. The van der Waals surface area contributed by atoms with Crippen molar-refractivity contribution in [1.29, 1.82) is 0 Å². The molecule has 5 nitrogen and oxygen atoms in total. The maximum Gasteiger partial charge on any atom is 0.272 e. The van der Waals surface area contributed by atoms with Gasteiger partial charge in [0, 0.05) is 33.9 Å². The zero-order chi connectivity index (χ0) is 20.4. The van der Waals surface area contributed by atoms with Crippen molar-refractivity contribution in [2.75, 3.05) is 5.32 Å². The van der Waals surface area contributed by atoms with E-state index in [-0.39, 0.29) is 17.9 Å². The molecule has 0 spiro atoms. The highest BCUT2D eigenvalue weighted by Gasteiger charge is 2.40. The molecule has 0 bridgehead atoms. The van der Waals surface area contributed by atoms with Gasteiger partial charge in [-0.25, -0.2) is 4.98 Å². The highest BCUT2D eigenvalue weighted by atomic mass is 35.5. The Kier molecular flexibility index (Phi) is 6.01. The number of carbonyl (C=O) groups excluding carboxylic acids is 1. The first kappa shape index (κ1) is 20.1. The van der Waals surface area contributed by atoms with Crippen LogP contribution in [0.2, 0.25) is 10.0 Å². The third-order valence-corrected chi connectivity index (χ3v) is 6.10. The molecule has 1 amide bonds. The molecule has 1 aromatic carbocycles. The summed E-state index contributed by atoms with van der Waals surface area (Å²) in [6.07, 6.45) is 6.52. The van der Waals surface area contributed by atoms with Crippen molar-refractivity contribution >= 4 is 40.5 Å². The van der Waals surface area contributed by atoms with Crippen LogP contribution in [0, 0.1) is 11.9 Å². The lowest BCUT2D eigenvalue weighted by molar-refractivity contribution is -0.110. The van der Waals surface area contributed by atoms with E-state index in [2.05, 4.69) is 15.4 Å². The Morgan fingerprint density at radius 1 is 1.17 bits per heavy atom. The Morgan fingerprint density at radius 3 is 2.79 bits per heavy atom. The lowest BCUT2D eigenvalue weighted by atomic mass is 9.90. The molecule has 1 N–H and O–H groups in total. The molecule has 1 fully saturated rings. The Labute approximate surface area is 178 Å². The summed E-state index contributed by atoms with van der Waals surface area (Å²) in [7, 11) is 0. The fraction of sp³-hybridized carbons (Fsp3) is 0.381. The van der Waals surface area contributed by atoms with Crippen LogP contribution in [0.1, 0.15) is 37.7 Å².